The van der Waals surface area contributed by atoms with Crippen LogP contribution in [0.3, 0.4) is 0 Å². The van der Waals surface area contributed by atoms with E-state index in [0.717, 1.165) is 46.9 Å². The lowest BCUT2D eigenvalue weighted by Crippen LogP contribution is -2.49. The molecule has 0 radical (unpaired) electrons. The van der Waals surface area contributed by atoms with E-state index < -0.39 is 4.92 Å². The minimum atomic E-state index is -0.429. The number of nitro benzene ring substituents is 1. The van der Waals surface area contributed by atoms with E-state index in [9.17, 15) is 19.7 Å². The lowest BCUT2D eigenvalue weighted by molar-refractivity contribution is -0.384. The van der Waals surface area contributed by atoms with Crippen molar-refractivity contribution in [3.05, 3.63) is 136 Å². The molecular formula is C40H45N5O5. The normalized spacial score (nSPS) is 12.3. The van der Waals surface area contributed by atoms with Gasteiger partial charge in [-0.3, -0.25) is 19.7 Å². The maximum Gasteiger partial charge on any atom is 0.269 e. The molecule has 0 bridgehead atoms. The number of nitrogens with one attached hydrogen (secondary N) is 1. The molecule has 0 aliphatic heterocycles. The van der Waals surface area contributed by atoms with E-state index in [2.05, 4.69) is 55.3 Å². The van der Waals surface area contributed by atoms with Gasteiger partial charge in [0.2, 0.25) is 5.91 Å². The first-order valence-corrected chi connectivity index (χ1v) is 17.3. The summed E-state index contributed by atoms with van der Waals surface area (Å²) in [5.41, 5.74) is 3.18. The summed E-state index contributed by atoms with van der Waals surface area (Å²) in [5, 5.41) is 16.5. The Labute approximate surface area is 293 Å². The van der Waals surface area contributed by atoms with Crippen molar-refractivity contribution in [2.45, 2.75) is 65.6 Å². The van der Waals surface area contributed by atoms with Crippen LogP contribution in [0.1, 0.15) is 67.2 Å². The number of fused-ring (bicyclic) bond motifs is 1. The molecular weight excluding hydrogens is 630 g/mol. The molecule has 0 unspecified atom stereocenters. The number of aromatic nitrogens is 2. The van der Waals surface area contributed by atoms with Gasteiger partial charge in [0.05, 0.1) is 24.3 Å². The molecule has 5 aromatic rings. The fourth-order valence-corrected chi connectivity index (χ4v) is 5.94. The van der Waals surface area contributed by atoms with Gasteiger partial charge in [-0.05, 0) is 58.5 Å². The Morgan fingerprint density at radius 3 is 2.44 bits per heavy atom. The number of unbranched alkanes of at least 4 members (excludes halogenated alkanes) is 1. The van der Waals surface area contributed by atoms with E-state index in [1.807, 2.05) is 51.9 Å². The van der Waals surface area contributed by atoms with Gasteiger partial charge in [-0.2, -0.15) is 0 Å². The fraction of sp³-hybridized carbons (Fsp3) is 0.325. The minimum Gasteiger partial charge on any atom is -0.494 e. The van der Waals surface area contributed by atoms with Crippen LogP contribution in [0.25, 0.3) is 10.8 Å². The summed E-state index contributed by atoms with van der Waals surface area (Å²) >= 11 is 0. The second-order valence-electron chi connectivity index (χ2n) is 12.7. The van der Waals surface area contributed by atoms with Gasteiger partial charge in [0, 0.05) is 55.3 Å². The third-order valence-corrected chi connectivity index (χ3v) is 9.13. The highest BCUT2D eigenvalue weighted by molar-refractivity contribution is 5.95. The van der Waals surface area contributed by atoms with E-state index in [0.29, 0.717) is 37.5 Å². The average molecular weight is 676 g/mol. The fourth-order valence-electron chi connectivity index (χ4n) is 5.94. The number of amides is 2. The maximum atomic E-state index is 14.2. The second kappa shape index (κ2) is 17.2. The Morgan fingerprint density at radius 2 is 1.72 bits per heavy atom. The summed E-state index contributed by atoms with van der Waals surface area (Å²) in [5.74, 6) is 0.517. The molecule has 0 spiro atoms. The molecule has 50 heavy (non-hydrogen) atoms. The molecule has 2 atom stereocenters. The van der Waals surface area contributed by atoms with Gasteiger partial charge in [-0.1, -0.05) is 88.2 Å². The summed E-state index contributed by atoms with van der Waals surface area (Å²) in [6.07, 6.45) is 6.22. The first kappa shape index (κ1) is 35.8. The molecule has 1 aromatic heterocycles. The first-order valence-electron chi connectivity index (χ1n) is 17.3. The van der Waals surface area contributed by atoms with E-state index in [4.69, 9.17) is 4.74 Å². The van der Waals surface area contributed by atoms with Gasteiger partial charge in [0.15, 0.2) is 0 Å². The van der Waals surface area contributed by atoms with Crippen LogP contribution in [0.15, 0.2) is 104 Å². The molecule has 0 saturated carbocycles. The third kappa shape index (κ3) is 9.34. The van der Waals surface area contributed by atoms with Crippen molar-refractivity contribution in [1.82, 2.24) is 19.8 Å². The standard InChI is InChI=1S/C40H45N5O5/c1-4-6-22-50-36-20-16-32(17-21-36)40(47)43(26-33-12-9-11-31-10-7-8-13-37(31)33)27-38(29(3)5-2)42-39(46)23-35-24-41-28-44(35)25-30-14-18-34(19-15-30)45(48)49/h7-21,24,28-29,38H,4-6,22-23,25-27H2,1-3H3,(H,42,46)/t29-,38+/m0/s1. The van der Waals surface area contributed by atoms with Gasteiger partial charge in [0.1, 0.15) is 5.75 Å². The van der Waals surface area contributed by atoms with Gasteiger partial charge < -0.3 is 19.5 Å². The zero-order valence-electron chi connectivity index (χ0n) is 29.0. The van der Waals surface area contributed by atoms with Gasteiger partial charge in [-0.15, -0.1) is 0 Å². The molecule has 1 heterocycles. The van der Waals surface area contributed by atoms with Crippen LogP contribution in [-0.2, 0) is 24.3 Å². The molecule has 1 N–H and O–H groups in total. The Kier molecular flexibility index (Phi) is 12.3. The zero-order valence-corrected chi connectivity index (χ0v) is 29.0. The highest BCUT2D eigenvalue weighted by Gasteiger charge is 2.26. The SMILES string of the molecule is CCCCOc1ccc(C(=O)N(Cc2cccc3ccccc23)C[C@@H](NC(=O)Cc2cncn2Cc2ccc([N+](=O)[O-])cc2)[C@@H](C)CC)cc1. The predicted molar refractivity (Wildman–Crippen MR) is 195 cm³/mol. The molecule has 260 valence electrons. The molecule has 2 amide bonds. The minimum absolute atomic E-state index is 0.0245. The highest BCUT2D eigenvalue weighted by atomic mass is 16.6. The van der Waals surface area contributed by atoms with E-state index in [1.165, 1.54) is 12.1 Å². The number of hydrogen-bond donors (Lipinski definition) is 1. The quantitative estimate of drug-likeness (QED) is 0.0616. The Bertz CT molecular complexity index is 1880. The topological polar surface area (TPSA) is 120 Å². The number of nitro groups is 1. The summed E-state index contributed by atoms with van der Waals surface area (Å²) in [6, 6.07) is 27.6. The average Bonchev–Trinajstić information content (AvgIpc) is 3.56. The van der Waals surface area contributed by atoms with Crippen molar-refractivity contribution in [3.8, 4) is 5.75 Å². The van der Waals surface area contributed by atoms with Crippen LogP contribution in [0.5, 0.6) is 5.75 Å². The maximum absolute atomic E-state index is 14.2. The van der Waals surface area contributed by atoms with Gasteiger partial charge in [0.25, 0.3) is 11.6 Å². The number of carbonyl (C=O) groups is 2. The molecule has 4 aromatic carbocycles. The van der Waals surface area contributed by atoms with Crippen molar-refractivity contribution in [2.24, 2.45) is 5.92 Å². The van der Waals surface area contributed by atoms with Crippen LogP contribution in [0.4, 0.5) is 5.69 Å². The van der Waals surface area contributed by atoms with Crippen LogP contribution in [0.2, 0.25) is 0 Å². The Morgan fingerprint density at radius 1 is 0.980 bits per heavy atom. The Balaban J connectivity index is 1.35. The first-order chi connectivity index (χ1) is 24.2. The van der Waals surface area contributed by atoms with Crippen LogP contribution >= 0.6 is 0 Å². The summed E-state index contributed by atoms with van der Waals surface area (Å²) in [7, 11) is 0. The monoisotopic (exact) mass is 675 g/mol. The predicted octanol–water partition coefficient (Wildman–Crippen LogP) is 7.59. The molecule has 0 aliphatic carbocycles. The lowest BCUT2D eigenvalue weighted by Gasteiger charge is -2.32. The summed E-state index contributed by atoms with van der Waals surface area (Å²) < 4.78 is 7.70. The van der Waals surface area contributed by atoms with Crippen LogP contribution in [0, 0.1) is 16.0 Å². The van der Waals surface area contributed by atoms with Crippen molar-refractivity contribution in [1.29, 1.82) is 0 Å². The Hall–Kier alpha value is -5.51. The van der Waals surface area contributed by atoms with Crippen LogP contribution in [-0.4, -0.2) is 50.4 Å². The molecule has 0 saturated heterocycles. The van der Waals surface area contributed by atoms with Crippen molar-refractivity contribution in [2.75, 3.05) is 13.2 Å². The third-order valence-electron chi connectivity index (χ3n) is 9.13. The largest absolute Gasteiger partial charge is 0.494 e. The molecule has 0 aliphatic rings. The van der Waals surface area contributed by atoms with Gasteiger partial charge >= 0.3 is 0 Å². The zero-order chi connectivity index (χ0) is 35.5. The molecule has 10 heteroatoms. The number of nitrogens with zero attached hydrogens (tertiary/aromatic N) is 4. The number of ether oxygens (including phenoxy) is 1. The van der Waals surface area contributed by atoms with Crippen molar-refractivity contribution >= 4 is 28.3 Å². The number of carbonyl (C=O) groups excluding carboxylic acids is 2. The smallest absolute Gasteiger partial charge is 0.269 e. The summed E-state index contributed by atoms with van der Waals surface area (Å²) in [4.78, 5) is 44.6. The molecule has 0 fully saturated rings. The van der Waals surface area contributed by atoms with Crippen LogP contribution < -0.4 is 10.1 Å². The molecule has 5 rings (SSSR count). The van der Waals surface area contributed by atoms with E-state index in [-0.39, 0.29) is 35.9 Å². The second-order valence-corrected chi connectivity index (χ2v) is 12.7. The van der Waals surface area contributed by atoms with E-state index in [1.54, 1.807) is 24.7 Å². The number of benzene rings is 4. The van der Waals surface area contributed by atoms with Gasteiger partial charge in [-0.25, -0.2) is 4.98 Å². The van der Waals surface area contributed by atoms with E-state index >= 15 is 0 Å². The van der Waals surface area contributed by atoms with Crippen molar-refractivity contribution < 1.29 is 19.2 Å². The highest BCUT2D eigenvalue weighted by Crippen LogP contribution is 2.23. The molecule has 10 nitrogen and oxygen atoms in total. The summed E-state index contributed by atoms with van der Waals surface area (Å²) in [6.45, 7) is 8.03. The number of hydrogen-bond acceptors (Lipinski definition) is 6. The van der Waals surface area contributed by atoms with Crippen molar-refractivity contribution in [3.63, 3.8) is 0 Å². The number of imidazole rings is 1. The lowest BCUT2D eigenvalue weighted by atomic mass is 9.97. The number of rotatable bonds is 17. The number of non-ortho nitro benzene ring substituents is 1.